The van der Waals surface area contributed by atoms with Crippen LogP contribution in [0.1, 0.15) is 10.5 Å². The Kier molecular flexibility index (Phi) is 4.10. The Hall–Kier alpha value is -1.97. The third kappa shape index (κ3) is 3.74. The largest absolute Gasteiger partial charge is 0.480 e. The average molecular weight is 372 g/mol. The number of anilines is 1. The molecule has 0 saturated heterocycles. The Morgan fingerprint density at radius 2 is 2.21 bits per heavy atom. The lowest BCUT2D eigenvalue weighted by Gasteiger charge is -2.02. The molecule has 98 valence electrons. The summed E-state index contributed by atoms with van der Waals surface area (Å²) >= 11 is 2.14. The number of carboxylic acid groups (broad SMARTS) is 1. The van der Waals surface area contributed by atoms with E-state index in [1.54, 1.807) is 12.1 Å². The highest BCUT2D eigenvalue weighted by Crippen LogP contribution is 2.13. The average Bonchev–Trinajstić information content (AvgIpc) is 2.76. The minimum Gasteiger partial charge on any atom is -0.480 e. The van der Waals surface area contributed by atoms with Gasteiger partial charge in [0.2, 0.25) is 0 Å². The molecule has 2 N–H and O–H groups in total. The summed E-state index contributed by atoms with van der Waals surface area (Å²) < 4.78 is 2.08. The second kappa shape index (κ2) is 5.78. The first-order valence-electron chi connectivity index (χ1n) is 5.23. The molecule has 8 heteroatoms. The molecule has 0 radical (unpaired) electrons. The van der Waals surface area contributed by atoms with Crippen molar-refractivity contribution < 1.29 is 14.7 Å². The summed E-state index contributed by atoms with van der Waals surface area (Å²) in [5, 5.41) is 18.4. The minimum atomic E-state index is -1.05. The van der Waals surface area contributed by atoms with Crippen LogP contribution in [0.25, 0.3) is 0 Å². The van der Waals surface area contributed by atoms with Gasteiger partial charge in [-0.3, -0.25) is 9.59 Å². The molecule has 0 aliphatic carbocycles. The molecule has 7 nitrogen and oxygen atoms in total. The van der Waals surface area contributed by atoms with Crippen molar-refractivity contribution in [3.8, 4) is 0 Å². The highest BCUT2D eigenvalue weighted by molar-refractivity contribution is 14.1. The SMILES string of the molecule is O=C(O)Cn1cc(C(=O)Nc2cccc(I)c2)nn1. The van der Waals surface area contributed by atoms with Gasteiger partial charge in [-0.1, -0.05) is 11.3 Å². The van der Waals surface area contributed by atoms with Crippen LogP contribution < -0.4 is 5.32 Å². The van der Waals surface area contributed by atoms with Gasteiger partial charge in [-0.25, -0.2) is 4.68 Å². The van der Waals surface area contributed by atoms with E-state index < -0.39 is 11.9 Å². The van der Waals surface area contributed by atoms with Gasteiger partial charge in [0.15, 0.2) is 5.69 Å². The summed E-state index contributed by atoms with van der Waals surface area (Å²) in [4.78, 5) is 22.3. The van der Waals surface area contributed by atoms with E-state index in [0.29, 0.717) is 5.69 Å². The Morgan fingerprint density at radius 1 is 1.42 bits per heavy atom. The fraction of sp³-hybridized carbons (Fsp3) is 0.0909. The van der Waals surface area contributed by atoms with Crippen molar-refractivity contribution >= 4 is 40.2 Å². The van der Waals surface area contributed by atoms with E-state index in [-0.39, 0.29) is 12.2 Å². The van der Waals surface area contributed by atoms with Crippen LogP contribution in [0.4, 0.5) is 5.69 Å². The first-order chi connectivity index (χ1) is 9.04. The molecule has 2 aromatic rings. The summed E-state index contributed by atoms with van der Waals surface area (Å²) in [6.45, 7) is -0.330. The van der Waals surface area contributed by atoms with Gasteiger partial charge in [-0.2, -0.15) is 0 Å². The molecule has 0 aliphatic rings. The summed E-state index contributed by atoms with van der Waals surface area (Å²) in [5.74, 6) is -1.48. The molecule has 0 saturated carbocycles. The number of aliphatic carboxylic acids is 1. The Morgan fingerprint density at radius 3 is 2.89 bits per heavy atom. The van der Waals surface area contributed by atoms with Crippen LogP contribution in [-0.4, -0.2) is 32.0 Å². The zero-order valence-corrected chi connectivity index (χ0v) is 11.7. The van der Waals surface area contributed by atoms with Crippen LogP contribution in [0.3, 0.4) is 0 Å². The number of nitrogens with zero attached hydrogens (tertiary/aromatic N) is 3. The molecule has 0 unspecified atom stereocenters. The van der Waals surface area contributed by atoms with E-state index in [4.69, 9.17) is 5.11 Å². The van der Waals surface area contributed by atoms with Crippen LogP contribution in [0.2, 0.25) is 0 Å². The zero-order valence-electron chi connectivity index (χ0n) is 9.58. The molecule has 0 bridgehead atoms. The van der Waals surface area contributed by atoms with Crippen molar-refractivity contribution in [2.75, 3.05) is 5.32 Å². The predicted molar refractivity (Wildman–Crippen MR) is 74.8 cm³/mol. The molecule has 19 heavy (non-hydrogen) atoms. The van der Waals surface area contributed by atoms with E-state index in [2.05, 4.69) is 38.2 Å². The Labute approximate surface area is 121 Å². The summed E-state index contributed by atoms with van der Waals surface area (Å²) in [7, 11) is 0. The number of nitrogens with one attached hydrogen (secondary N) is 1. The highest BCUT2D eigenvalue weighted by Gasteiger charge is 2.12. The quantitative estimate of drug-likeness (QED) is 0.787. The van der Waals surface area contributed by atoms with Crippen LogP contribution in [0.5, 0.6) is 0 Å². The lowest BCUT2D eigenvalue weighted by Crippen LogP contribution is -2.12. The standard InChI is InChI=1S/C11H9IN4O3/c12-7-2-1-3-8(4-7)13-11(19)9-5-16(15-14-9)6-10(17)18/h1-5H,6H2,(H,13,19)(H,17,18). The van der Waals surface area contributed by atoms with Crippen molar-refractivity contribution in [3.05, 3.63) is 39.7 Å². The van der Waals surface area contributed by atoms with Crippen molar-refractivity contribution in [3.63, 3.8) is 0 Å². The van der Waals surface area contributed by atoms with Crippen molar-refractivity contribution in [2.45, 2.75) is 6.54 Å². The van der Waals surface area contributed by atoms with Crippen molar-refractivity contribution in [2.24, 2.45) is 0 Å². The summed E-state index contributed by atoms with van der Waals surface area (Å²) in [5.41, 5.74) is 0.713. The normalized spacial score (nSPS) is 10.2. The first kappa shape index (κ1) is 13.5. The van der Waals surface area contributed by atoms with Gasteiger partial charge in [0.1, 0.15) is 6.54 Å². The van der Waals surface area contributed by atoms with E-state index in [0.717, 1.165) is 8.25 Å². The van der Waals surface area contributed by atoms with Gasteiger partial charge in [0.05, 0.1) is 6.20 Å². The number of halogens is 1. The molecule has 0 spiro atoms. The monoisotopic (exact) mass is 372 g/mol. The molecule has 2 rings (SSSR count). The number of carbonyl (C=O) groups is 2. The maximum atomic E-state index is 11.8. The first-order valence-corrected chi connectivity index (χ1v) is 6.31. The van der Waals surface area contributed by atoms with Gasteiger partial charge in [0.25, 0.3) is 5.91 Å². The second-order valence-electron chi connectivity index (χ2n) is 3.66. The Bertz CT molecular complexity index is 626. The lowest BCUT2D eigenvalue weighted by molar-refractivity contribution is -0.137. The third-order valence-corrected chi connectivity index (χ3v) is 2.82. The molecule has 1 aromatic carbocycles. The van der Waals surface area contributed by atoms with E-state index in [1.807, 2.05) is 12.1 Å². The molecule has 1 aromatic heterocycles. The molecular weight excluding hydrogens is 363 g/mol. The topological polar surface area (TPSA) is 97.1 Å². The van der Waals surface area contributed by atoms with E-state index >= 15 is 0 Å². The van der Waals surface area contributed by atoms with E-state index in [9.17, 15) is 9.59 Å². The maximum Gasteiger partial charge on any atom is 0.325 e. The molecule has 1 amide bonds. The van der Waals surface area contributed by atoms with Crippen LogP contribution >= 0.6 is 22.6 Å². The predicted octanol–water partition coefficient (Wildman–Crippen LogP) is 1.22. The van der Waals surface area contributed by atoms with Crippen molar-refractivity contribution in [1.29, 1.82) is 0 Å². The Balaban J connectivity index is 2.07. The number of benzene rings is 1. The van der Waals surface area contributed by atoms with Crippen LogP contribution in [-0.2, 0) is 11.3 Å². The fourth-order valence-electron chi connectivity index (χ4n) is 1.38. The molecule has 0 aliphatic heterocycles. The van der Waals surface area contributed by atoms with Crippen molar-refractivity contribution in [1.82, 2.24) is 15.0 Å². The third-order valence-electron chi connectivity index (χ3n) is 2.15. The molecular formula is C11H9IN4O3. The number of aromatic nitrogens is 3. The van der Waals surface area contributed by atoms with Gasteiger partial charge in [-0.15, -0.1) is 5.10 Å². The van der Waals surface area contributed by atoms with Gasteiger partial charge in [0, 0.05) is 9.26 Å². The van der Waals surface area contributed by atoms with Gasteiger partial charge >= 0.3 is 5.97 Å². The number of hydrogen-bond acceptors (Lipinski definition) is 4. The summed E-state index contributed by atoms with van der Waals surface area (Å²) in [6, 6.07) is 7.28. The number of rotatable bonds is 4. The number of carbonyl (C=O) groups excluding carboxylic acids is 1. The van der Waals surface area contributed by atoms with E-state index in [1.165, 1.54) is 6.20 Å². The molecule has 0 fully saturated rings. The minimum absolute atomic E-state index is 0.0695. The molecule has 0 atom stereocenters. The maximum absolute atomic E-state index is 11.8. The fourth-order valence-corrected chi connectivity index (χ4v) is 1.92. The number of carboxylic acids is 1. The van der Waals surface area contributed by atoms with Crippen LogP contribution in [0.15, 0.2) is 30.5 Å². The molecule has 1 heterocycles. The number of hydrogen-bond donors (Lipinski definition) is 2. The highest BCUT2D eigenvalue weighted by atomic mass is 127. The smallest absolute Gasteiger partial charge is 0.325 e. The lowest BCUT2D eigenvalue weighted by atomic mass is 10.3. The van der Waals surface area contributed by atoms with Gasteiger partial charge in [-0.05, 0) is 40.8 Å². The second-order valence-corrected chi connectivity index (χ2v) is 4.91. The summed E-state index contributed by atoms with van der Waals surface area (Å²) in [6.07, 6.45) is 1.29. The zero-order chi connectivity index (χ0) is 13.8. The number of amides is 1. The van der Waals surface area contributed by atoms with Crippen LogP contribution in [0, 0.1) is 3.57 Å². The van der Waals surface area contributed by atoms with Gasteiger partial charge < -0.3 is 10.4 Å².